The van der Waals surface area contributed by atoms with Crippen molar-refractivity contribution in [2.24, 2.45) is 0 Å². The van der Waals surface area contributed by atoms with E-state index in [2.05, 4.69) is 6.92 Å². The highest BCUT2D eigenvalue weighted by Gasteiger charge is 2.19. The molecule has 0 heterocycles. The van der Waals surface area contributed by atoms with Crippen LogP contribution in [0.3, 0.4) is 0 Å². The number of carbonyl (C=O) groups excluding carboxylic acids is 2. The van der Waals surface area contributed by atoms with Crippen LogP contribution in [0.5, 0.6) is 0 Å². The lowest BCUT2D eigenvalue weighted by atomic mass is 10.1. The van der Waals surface area contributed by atoms with E-state index in [0.29, 0.717) is 13.0 Å². The van der Waals surface area contributed by atoms with Gasteiger partial charge in [-0.3, -0.25) is 19.7 Å². The Hall–Kier alpha value is -2.15. The molecule has 1 aromatic carbocycles. The van der Waals surface area contributed by atoms with Crippen LogP contribution in [-0.2, 0) is 25.7 Å². The molecule has 0 spiro atoms. The number of nitro groups is 1. The lowest BCUT2D eigenvalue weighted by Gasteiger charge is -2.07. The molecule has 0 fully saturated rings. The Morgan fingerprint density at radius 2 is 1.39 bits per heavy atom. The largest absolute Gasteiger partial charge is 0.466 e. The maximum absolute atomic E-state index is 11.9. The maximum atomic E-state index is 11.9. The predicted octanol–water partition coefficient (Wildman–Crippen LogP) is 7.32. The van der Waals surface area contributed by atoms with Gasteiger partial charge in [0.1, 0.15) is 11.6 Å². The van der Waals surface area contributed by atoms with Crippen LogP contribution in [-0.4, -0.2) is 23.5 Å². The van der Waals surface area contributed by atoms with Crippen molar-refractivity contribution in [2.45, 2.75) is 103 Å². The molecule has 0 N–H and O–H groups in total. The Bertz CT molecular complexity index is 725. The molecule has 0 aromatic heterocycles. The number of para-hydroxylation sites is 1. The first-order valence-corrected chi connectivity index (χ1v) is 12.6. The quantitative estimate of drug-likeness (QED) is 0.0884. The number of unbranched alkanes of at least 4 members (excludes halogenated alkanes) is 10. The normalized spacial score (nSPS) is 10.7. The highest BCUT2D eigenvalue weighted by molar-refractivity contribution is 6.32. The van der Waals surface area contributed by atoms with Gasteiger partial charge in [-0.1, -0.05) is 88.8 Å². The molecule has 1 rings (SSSR count). The van der Waals surface area contributed by atoms with E-state index < -0.39 is 10.9 Å². The standard InChI is InChI=1S/C25H38ClNO6/c1-2-3-4-5-6-7-8-9-10-11-12-19-32-23(28)17-14-18-24(29)33-20-21-15-13-16-22(26)25(21)27(30)31/h13,15-16H,2-12,14,17-20H2,1H3. The minimum Gasteiger partial charge on any atom is -0.466 e. The minimum absolute atomic E-state index is 0.00546. The summed E-state index contributed by atoms with van der Waals surface area (Å²) in [6.45, 7) is 2.41. The average molecular weight is 484 g/mol. The summed E-state index contributed by atoms with van der Waals surface area (Å²) in [6, 6.07) is 4.46. The topological polar surface area (TPSA) is 95.7 Å². The van der Waals surface area contributed by atoms with E-state index in [1.54, 1.807) is 6.07 Å². The smallest absolute Gasteiger partial charge is 0.306 e. The number of carbonyl (C=O) groups is 2. The summed E-state index contributed by atoms with van der Waals surface area (Å²) >= 11 is 5.83. The molecule has 186 valence electrons. The van der Waals surface area contributed by atoms with Crippen molar-refractivity contribution in [3.05, 3.63) is 38.9 Å². The second kappa shape index (κ2) is 18.3. The van der Waals surface area contributed by atoms with E-state index >= 15 is 0 Å². The molecule has 0 bridgehead atoms. The van der Waals surface area contributed by atoms with Crippen molar-refractivity contribution in [3.8, 4) is 0 Å². The first kappa shape index (κ1) is 28.9. The predicted molar refractivity (Wildman–Crippen MR) is 129 cm³/mol. The van der Waals surface area contributed by atoms with E-state index in [4.69, 9.17) is 21.1 Å². The number of benzene rings is 1. The van der Waals surface area contributed by atoms with Gasteiger partial charge < -0.3 is 9.47 Å². The number of nitrogens with zero attached hydrogens (tertiary/aromatic N) is 1. The van der Waals surface area contributed by atoms with Gasteiger partial charge in [0.15, 0.2) is 0 Å². The van der Waals surface area contributed by atoms with Crippen molar-refractivity contribution >= 4 is 29.2 Å². The van der Waals surface area contributed by atoms with Gasteiger partial charge in [-0.15, -0.1) is 0 Å². The average Bonchev–Trinajstić information content (AvgIpc) is 2.78. The van der Waals surface area contributed by atoms with Crippen molar-refractivity contribution in [2.75, 3.05) is 6.61 Å². The fraction of sp³-hybridized carbons (Fsp3) is 0.680. The zero-order chi connectivity index (χ0) is 24.3. The molecule has 0 atom stereocenters. The van der Waals surface area contributed by atoms with Gasteiger partial charge in [-0.2, -0.15) is 0 Å². The molecule has 7 nitrogen and oxygen atoms in total. The second-order valence-corrected chi connectivity index (χ2v) is 8.68. The number of hydrogen-bond donors (Lipinski definition) is 0. The summed E-state index contributed by atoms with van der Waals surface area (Å²) in [5.74, 6) is -0.845. The van der Waals surface area contributed by atoms with Crippen LogP contribution in [0.1, 0.15) is 102 Å². The van der Waals surface area contributed by atoms with E-state index in [0.717, 1.165) is 12.8 Å². The Labute approximate surface area is 202 Å². The number of halogens is 1. The number of rotatable bonds is 19. The van der Waals surface area contributed by atoms with E-state index in [-0.39, 0.29) is 41.7 Å². The molecule has 33 heavy (non-hydrogen) atoms. The van der Waals surface area contributed by atoms with Gasteiger partial charge >= 0.3 is 11.9 Å². The summed E-state index contributed by atoms with van der Waals surface area (Å²) in [5.41, 5.74) is -0.0369. The summed E-state index contributed by atoms with van der Waals surface area (Å²) in [4.78, 5) is 34.1. The van der Waals surface area contributed by atoms with Gasteiger partial charge in [0, 0.05) is 12.8 Å². The summed E-state index contributed by atoms with van der Waals surface area (Å²) in [5, 5.41) is 11.1. The number of ether oxygens (including phenoxy) is 2. The maximum Gasteiger partial charge on any atom is 0.306 e. The molecule has 0 aliphatic rings. The summed E-state index contributed by atoms with van der Waals surface area (Å²) < 4.78 is 10.3. The van der Waals surface area contributed by atoms with Crippen LogP contribution in [0.15, 0.2) is 18.2 Å². The van der Waals surface area contributed by atoms with Crippen LogP contribution in [0.2, 0.25) is 5.02 Å². The first-order valence-electron chi connectivity index (χ1n) is 12.2. The Balaban J connectivity index is 2.02. The van der Waals surface area contributed by atoms with Crippen LogP contribution in [0, 0.1) is 10.1 Å². The van der Waals surface area contributed by atoms with Gasteiger partial charge in [-0.05, 0) is 25.0 Å². The van der Waals surface area contributed by atoms with Gasteiger partial charge in [0.05, 0.1) is 17.1 Å². The molecule has 0 amide bonds. The molecule has 0 unspecified atom stereocenters. The number of hydrogen-bond acceptors (Lipinski definition) is 6. The highest BCUT2D eigenvalue weighted by Crippen LogP contribution is 2.28. The Morgan fingerprint density at radius 3 is 1.97 bits per heavy atom. The van der Waals surface area contributed by atoms with Crippen LogP contribution in [0.25, 0.3) is 0 Å². The molecule has 8 heteroatoms. The third kappa shape index (κ3) is 13.9. The zero-order valence-corrected chi connectivity index (χ0v) is 20.6. The fourth-order valence-corrected chi connectivity index (χ4v) is 3.78. The van der Waals surface area contributed by atoms with Crippen molar-refractivity contribution in [1.82, 2.24) is 0 Å². The summed E-state index contributed by atoms with van der Waals surface area (Å²) in [7, 11) is 0. The molecule has 0 aliphatic heterocycles. The lowest BCUT2D eigenvalue weighted by molar-refractivity contribution is -0.385. The number of esters is 2. The van der Waals surface area contributed by atoms with Gasteiger partial charge in [-0.25, -0.2) is 0 Å². The zero-order valence-electron chi connectivity index (χ0n) is 19.8. The van der Waals surface area contributed by atoms with Crippen LogP contribution in [0.4, 0.5) is 5.69 Å². The van der Waals surface area contributed by atoms with Crippen LogP contribution < -0.4 is 0 Å². The van der Waals surface area contributed by atoms with Gasteiger partial charge in [0.2, 0.25) is 0 Å². The fourth-order valence-electron chi connectivity index (χ4n) is 3.51. The molecule has 0 saturated carbocycles. The molecular weight excluding hydrogens is 446 g/mol. The van der Waals surface area contributed by atoms with E-state index in [1.807, 2.05) is 0 Å². The SMILES string of the molecule is CCCCCCCCCCCCCOC(=O)CCCC(=O)OCc1cccc(Cl)c1[N+](=O)[O-]. The molecule has 0 saturated heterocycles. The van der Waals surface area contributed by atoms with E-state index in [9.17, 15) is 19.7 Å². The van der Waals surface area contributed by atoms with Crippen molar-refractivity contribution in [3.63, 3.8) is 0 Å². The molecule has 0 aliphatic carbocycles. The summed E-state index contributed by atoms with van der Waals surface area (Å²) in [6.07, 6.45) is 14.1. The monoisotopic (exact) mass is 483 g/mol. The first-order chi connectivity index (χ1) is 16.0. The molecular formula is C25H38ClNO6. The third-order valence-electron chi connectivity index (χ3n) is 5.41. The van der Waals surface area contributed by atoms with E-state index in [1.165, 1.54) is 69.9 Å². The van der Waals surface area contributed by atoms with Gasteiger partial charge in [0.25, 0.3) is 5.69 Å². The van der Waals surface area contributed by atoms with Crippen LogP contribution >= 0.6 is 11.6 Å². The molecule has 0 radical (unpaired) electrons. The third-order valence-corrected chi connectivity index (χ3v) is 5.72. The van der Waals surface area contributed by atoms with Crippen molar-refractivity contribution < 1.29 is 24.0 Å². The lowest BCUT2D eigenvalue weighted by Crippen LogP contribution is -2.09. The number of nitro benzene ring substituents is 1. The Morgan fingerprint density at radius 1 is 0.848 bits per heavy atom. The second-order valence-electron chi connectivity index (χ2n) is 8.27. The molecule has 1 aromatic rings. The highest BCUT2D eigenvalue weighted by atomic mass is 35.5. The minimum atomic E-state index is -0.600. The van der Waals surface area contributed by atoms with Crippen molar-refractivity contribution in [1.29, 1.82) is 0 Å². The Kier molecular flexibility index (Phi) is 16.0.